The predicted molar refractivity (Wildman–Crippen MR) is 122 cm³/mol. The minimum atomic E-state index is -1.03. The van der Waals surface area contributed by atoms with Crippen LogP contribution in [0.25, 0.3) is 6.08 Å². The fraction of sp³-hybridized carbons (Fsp3) is 0.400. The van der Waals surface area contributed by atoms with Crippen molar-refractivity contribution in [3.05, 3.63) is 65.2 Å². The quantitative estimate of drug-likeness (QED) is 0.379. The maximum atomic E-state index is 11.5. The smallest absolute Gasteiger partial charge is 0.340 e. The number of carbonyl (C=O) groups is 1. The molecule has 0 unspecified atom stereocenters. The molecule has 2 aromatic rings. The van der Waals surface area contributed by atoms with Gasteiger partial charge in [0.15, 0.2) is 0 Å². The van der Waals surface area contributed by atoms with Crippen molar-refractivity contribution in [3.8, 4) is 11.5 Å². The van der Waals surface area contributed by atoms with Gasteiger partial charge in [-0.15, -0.1) is 0 Å². The van der Waals surface area contributed by atoms with E-state index in [0.717, 1.165) is 30.6 Å². The average molecular weight is 445 g/mol. The number of ether oxygens (including phenoxy) is 3. The standard InChI is InChI=1S/C25H32O7/c1-30-20-14-12-18(13-15-20)16-32-17-22(27)21(26)10-6-4-3-5-8-19-9-7-11-23(31-2)24(19)25(28)29/h5,7-9,11-15,21-22,26-27H,3-4,6,10,16-17H2,1-2H3,(H,28,29)/b8-5+/t21-,22-/m0/s1. The first-order chi connectivity index (χ1) is 15.5. The third-order valence-electron chi connectivity index (χ3n) is 5.07. The highest BCUT2D eigenvalue weighted by atomic mass is 16.5. The van der Waals surface area contributed by atoms with E-state index in [2.05, 4.69) is 0 Å². The normalized spacial score (nSPS) is 13.1. The molecule has 0 saturated carbocycles. The fourth-order valence-electron chi connectivity index (χ4n) is 3.23. The van der Waals surface area contributed by atoms with Crippen LogP contribution in [-0.2, 0) is 11.3 Å². The molecular weight excluding hydrogens is 412 g/mol. The molecule has 0 spiro atoms. The van der Waals surface area contributed by atoms with Crippen LogP contribution < -0.4 is 9.47 Å². The van der Waals surface area contributed by atoms with Gasteiger partial charge in [-0.1, -0.05) is 42.8 Å². The van der Waals surface area contributed by atoms with Crippen LogP contribution in [0.5, 0.6) is 11.5 Å². The molecule has 0 aliphatic heterocycles. The molecule has 0 radical (unpaired) electrons. The first-order valence-electron chi connectivity index (χ1n) is 10.6. The summed E-state index contributed by atoms with van der Waals surface area (Å²) in [6.45, 7) is 0.405. The van der Waals surface area contributed by atoms with Gasteiger partial charge >= 0.3 is 5.97 Å². The Hall–Kier alpha value is -2.87. The molecule has 7 nitrogen and oxygen atoms in total. The van der Waals surface area contributed by atoms with Crippen molar-refractivity contribution >= 4 is 12.0 Å². The van der Waals surface area contributed by atoms with Gasteiger partial charge in [-0.05, 0) is 48.6 Å². The Bertz CT molecular complexity index is 861. The van der Waals surface area contributed by atoms with E-state index < -0.39 is 18.2 Å². The summed E-state index contributed by atoms with van der Waals surface area (Å²) in [5, 5.41) is 29.6. The summed E-state index contributed by atoms with van der Waals surface area (Å²) in [7, 11) is 3.05. The van der Waals surface area contributed by atoms with Gasteiger partial charge in [-0.2, -0.15) is 0 Å². The van der Waals surface area contributed by atoms with E-state index >= 15 is 0 Å². The van der Waals surface area contributed by atoms with Gasteiger partial charge in [0, 0.05) is 0 Å². The highest BCUT2D eigenvalue weighted by molar-refractivity contribution is 5.95. The van der Waals surface area contributed by atoms with Crippen LogP contribution in [0.3, 0.4) is 0 Å². The molecule has 2 rings (SSSR count). The molecule has 3 N–H and O–H groups in total. The highest BCUT2D eigenvalue weighted by Crippen LogP contribution is 2.23. The molecule has 0 aromatic heterocycles. The molecule has 32 heavy (non-hydrogen) atoms. The number of hydrogen-bond donors (Lipinski definition) is 3. The lowest BCUT2D eigenvalue weighted by Gasteiger charge is -2.17. The minimum Gasteiger partial charge on any atom is -0.497 e. The molecule has 2 aromatic carbocycles. The zero-order valence-electron chi connectivity index (χ0n) is 18.6. The first kappa shape index (κ1) is 25.4. The summed E-state index contributed by atoms with van der Waals surface area (Å²) in [5.41, 5.74) is 1.68. The highest BCUT2D eigenvalue weighted by Gasteiger charge is 2.16. The van der Waals surface area contributed by atoms with Crippen LogP contribution in [-0.4, -0.2) is 54.3 Å². The molecule has 0 saturated heterocycles. The fourth-order valence-corrected chi connectivity index (χ4v) is 3.23. The Balaban J connectivity index is 1.67. The van der Waals surface area contributed by atoms with Crippen LogP contribution >= 0.6 is 0 Å². The maximum Gasteiger partial charge on any atom is 0.340 e. The summed E-state index contributed by atoms with van der Waals surface area (Å²) < 4.78 is 15.7. The molecule has 0 amide bonds. The number of unbranched alkanes of at least 4 members (excludes halogenated alkanes) is 2. The number of allylic oxidation sites excluding steroid dienone is 1. The van der Waals surface area contributed by atoms with Crippen LogP contribution in [0.4, 0.5) is 0 Å². The van der Waals surface area contributed by atoms with Gasteiger partial charge in [0.1, 0.15) is 23.2 Å². The summed E-state index contributed by atoms with van der Waals surface area (Å²) in [6.07, 6.45) is 4.59. The van der Waals surface area contributed by atoms with Crippen LogP contribution in [0.2, 0.25) is 0 Å². The van der Waals surface area contributed by atoms with Gasteiger partial charge in [0.2, 0.25) is 0 Å². The minimum absolute atomic E-state index is 0.0565. The van der Waals surface area contributed by atoms with Gasteiger partial charge in [-0.25, -0.2) is 4.79 Å². The number of benzene rings is 2. The van der Waals surface area contributed by atoms with Gasteiger partial charge < -0.3 is 29.5 Å². The summed E-state index contributed by atoms with van der Waals surface area (Å²) in [6, 6.07) is 12.6. The lowest BCUT2D eigenvalue weighted by molar-refractivity contribution is -0.0453. The zero-order valence-corrected chi connectivity index (χ0v) is 18.6. The molecule has 0 aliphatic rings. The Morgan fingerprint density at radius 1 is 1.00 bits per heavy atom. The van der Waals surface area contributed by atoms with E-state index in [4.69, 9.17) is 14.2 Å². The Kier molecular flexibility index (Phi) is 10.7. The first-order valence-corrected chi connectivity index (χ1v) is 10.6. The molecule has 0 aliphatic carbocycles. The SMILES string of the molecule is COc1ccc(COC[C@H](O)[C@@H](O)CCCC/C=C/c2cccc(OC)c2C(=O)O)cc1. The number of carboxylic acid groups (broad SMARTS) is 1. The van der Waals surface area contributed by atoms with Crippen LogP contribution in [0.15, 0.2) is 48.5 Å². The van der Waals surface area contributed by atoms with E-state index in [0.29, 0.717) is 24.3 Å². The lowest BCUT2D eigenvalue weighted by atomic mass is 10.0. The third-order valence-corrected chi connectivity index (χ3v) is 5.07. The largest absolute Gasteiger partial charge is 0.497 e. The molecule has 0 fully saturated rings. The van der Waals surface area contributed by atoms with E-state index in [1.54, 1.807) is 31.4 Å². The summed E-state index contributed by atoms with van der Waals surface area (Å²) >= 11 is 0. The third kappa shape index (κ3) is 8.00. The monoisotopic (exact) mass is 444 g/mol. The second-order valence-corrected chi connectivity index (χ2v) is 7.41. The second-order valence-electron chi connectivity index (χ2n) is 7.41. The van der Waals surface area contributed by atoms with Crippen molar-refractivity contribution in [1.82, 2.24) is 0 Å². The molecule has 7 heteroatoms. The van der Waals surface area contributed by atoms with Crippen LogP contribution in [0, 0.1) is 0 Å². The van der Waals surface area contributed by atoms with E-state index in [9.17, 15) is 20.1 Å². The molecule has 0 bridgehead atoms. The number of aromatic carboxylic acids is 1. The number of hydrogen-bond acceptors (Lipinski definition) is 6. The summed E-state index contributed by atoms with van der Waals surface area (Å²) in [5.74, 6) is 0.0595. The van der Waals surface area contributed by atoms with Crippen molar-refractivity contribution < 1.29 is 34.3 Å². The van der Waals surface area contributed by atoms with Crippen LogP contribution in [0.1, 0.15) is 47.2 Å². The number of methoxy groups -OCH3 is 2. The van der Waals surface area contributed by atoms with Gasteiger partial charge in [0.25, 0.3) is 0 Å². The molecule has 174 valence electrons. The Morgan fingerprint density at radius 3 is 2.41 bits per heavy atom. The Labute approximate surface area is 188 Å². The molecular formula is C25H32O7. The van der Waals surface area contributed by atoms with Crippen molar-refractivity contribution in [2.24, 2.45) is 0 Å². The molecule has 2 atom stereocenters. The lowest BCUT2D eigenvalue weighted by Crippen LogP contribution is -2.30. The van der Waals surface area contributed by atoms with E-state index in [1.807, 2.05) is 30.3 Å². The topological polar surface area (TPSA) is 105 Å². The number of carboxylic acids is 1. The van der Waals surface area contributed by atoms with E-state index in [-0.39, 0.29) is 12.2 Å². The molecule has 0 heterocycles. The van der Waals surface area contributed by atoms with Gasteiger partial charge in [0.05, 0.1) is 33.5 Å². The summed E-state index contributed by atoms with van der Waals surface area (Å²) in [4.78, 5) is 11.5. The van der Waals surface area contributed by atoms with Gasteiger partial charge in [-0.3, -0.25) is 0 Å². The van der Waals surface area contributed by atoms with Crippen molar-refractivity contribution in [3.63, 3.8) is 0 Å². The Morgan fingerprint density at radius 2 is 1.75 bits per heavy atom. The predicted octanol–water partition coefficient (Wildman–Crippen LogP) is 3.91. The second kappa shape index (κ2) is 13.5. The van der Waals surface area contributed by atoms with Crippen molar-refractivity contribution in [2.45, 2.75) is 44.5 Å². The van der Waals surface area contributed by atoms with Crippen molar-refractivity contribution in [1.29, 1.82) is 0 Å². The number of aliphatic hydroxyl groups excluding tert-OH is 2. The number of aliphatic hydroxyl groups is 2. The zero-order chi connectivity index (χ0) is 23.3. The number of rotatable bonds is 14. The maximum absolute atomic E-state index is 11.5. The van der Waals surface area contributed by atoms with E-state index in [1.165, 1.54) is 7.11 Å². The average Bonchev–Trinajstić information content (AvgIpc) is 2.80. The van der Waals surface area contributed by atoms with Crippen molar-refractivity contribution in [2.75, 3.05) is 20.8 Å².